The van der Waals surface area contributed by atoms with Gasteiger partial charge in [0.25, 0.3) is 0 Å². The minimum Gasteiger partial charge on any atom is -0.361 e. The molecule has 0 saturated carbocycles. The molecule has 1 amide bonds. The van der Waals surface area contributed by atoms with E-state index in [0.29, 0.717) is 6.92 Å². The number of carbonyl (C=O) groups is 1. The van der Waals surface area contributed by atoms with Crippen molar-refractivity contribution in [3.8, 4) is 0 Å². The smallest absolute Gasteiger partial charge is 0.361 e. The summed E-state index contributed by atoms with van der Waals surface area (Å²) in [5, 5.41) is 9.59. The lowest BCUT2D eigenvalue weighted by Gasteiger charge is -2.04. The van der Waals surface area contributed by atoms with Crippen LogP contribution < -0.4 is 5.73 Å². The van der Waals surface area contributed by atoms with Crippen molar-refractivity contribution in [2.45, 2.75) is 12.7 Å². The first-order valence-corrected chi connectivity index (χ1v) is 2.02. The van der Waals surface area contributed by atoms with Gasteiger partial charge in [-0.25, -0.2) is 0 Å². The maximum absolute atomic E-state index is 12.2. The Kier molecular flexibility index (Phi) is 1.70. The number of nitrogens with zero attached hydrogens (tertiary/aromatic N) is 1. The predicted octanol–water partition coefficient (Wildman–Crippen LogP) is -0.566. The molecule has 0 aromatic heterocycles. The quantitative estimate of drug-likeness (QED) is 0.313. The summed E-state index contributed by atoms with van der Waals surface area (Å²) >= 11 is 0. The van der Waals surface area contributed by atoms with Crippen LogP contribution in [-0.2, 0) is 4.79 Å². The van der Waals surface area contributed by atoms with E-state index in [9.17, 15) is 19.3 Å². The normalized spacial score (nSPS) is 16.2. The summed E-state index contributed by atoms with van der Waals surface area (Å²) in [6, 6.07) is 0. The number of carbonyl (C=O) groups excluding carboxylic acids is 1. The van der Waals surface area contributed by atoms with Gasteiger partial charge in [0.2, 0.25) is 0 Å². The Morgan fingerprint density at radius 2 is 2.22 bits per heavy atom. The third-order valence-electron chi connectivity index (χ3n) is 0.793. The highest BCUT2D eigenvalue weighted by molar-refractivity contribution is 5.80. The Labute approximate surface area is 49.8 Å². The number of halogens is 1. The Morgan fingerprint density at radius 3 is 2.22 bits per heavy atom. The van der Waals surface area contributed by atoms with Gasteiger partial charge in [-0.2, -0.15) is 4.39 Å². The molecule has 0 aromatic carbocycles. The van der Waals surface area contributed by atoms with Crippen molar-refractivity contribution in [2.75, 3.05) is 0 Å². The van der Waals surface area contributed by atoms with Gasteiger partial charge in [0.05, 0.1) is 4.92 Å². The van der Waals surface area contributed by atoms with E-state index in [2.05, 4.69) is 5.73 Å². The minimum atomic E-state index is -3.14. The van der Waals surface area contributed by atoms with Crippen molar-refractivity contribution in [1.29, 1.82) is 0 Å². The summed E-state index contributed by atoms with van der Waals surface area (Å²) in [6.45, 7) is 0.495. The number of nitrogens with two attached hydrogens (primary N) is 1. The van der Waals surface area contributed by atoms with Crippen LogP contribution >= 0.6 is 0 Å². The first-order chi connectivity index (χ1) is 3.89. The highest BCUT2D eigenvalue weighted by Gasteiger charge is 2.44. The van der Waals surface area contributed by atoms with E-state index in [1.165, 1.54) is 0 Å². The maximum Gasteiger partial charge on any atom is 0.433 e. The largest absolute Gasteiger partial charge is 0.433 e. The zero-order valence-electron chi connectivity index (χ0n) is 4.63. The average Bonchev–Trinajstić information content (AvgIpc) is 1.65. The Morgan fingerprint density at radius 1 is 1.89 bits per heavy atom. The van der Waals surface area contributed by atoms with Gasteiger partial charge in [-0.3, -0.25) is 14.9 Å². The van der Waals surface area contributed by atoms with Gasteiger partial charge >= 0.3 is 11.7 Å². The summed E-state index contributed by atoms with van der Waals surface area (Å²) in [5.74, 6) is -4.73. The molecule has 6 heteroatoms. The van der Waals surface area contributed by atoms with Crippen LogP contribution in [-0.4, -0.2) is 16.6 Å². The molecular formula is C3H5FN2O3. The molecule has 0 rings (SSSR count). The molecule has 0 spiro atoms. The maximum atomic E-state index is 12.2. The molecule has 0 aliphatic heterocycles. The summed E-state index contributed by atoms with van der Waals surface area (Å²) in [6.07, 6.45) is 0. The third-order valence-corrected chi connectivity index (χ3v) is 0.793. The fourth-order valence-electron chi connectivity index (χ4n) is 0.0900. The fourth-order valence-corrected chi connectivity index (χ4v) is 0.0900. The van der Waals surface area contributed by atoms with Crippen LogP contribution in [0.15, 0.2) is 0 Å². The molecule has 1 atom stereocenters. The van der Waals surface area contributed by atoms with Gasteiger partial charge in [-0.1, -0.05) is 0 Å². The Hall–Kier alpha value is -1.20. The SMILES string of the molecule is CC(F)(C(N)=O)[N+](=O)[O-]. The number of alkyl halides is 1. The van der Waals surface area contributed by atoms with Gasteiger partial charge in [0.1, 0.15) is 0 Å². The molecule has 9 heavy (non-hydrogen) atoms. The molecular weight excluding hydrogens is 131 g/mol. The highest BCUT2D eigenvalue weighted by Crippen LogP contribution is 2.08. The second-order valence-corrected chi connectivity index (χ2v) is 1.57. The molecule has 5 nitrogen and oxygen atoms in total. The van der Waals surface area contributed by atoms with E-state index in [1.54, 1.807) is 0 Å². The second-order valence-electron chi connectivity index (χ2n) is 1.57. The molecule has 1 unspecified atom stereocenters. The fraction of sp³-hybridized carbons (Fsp3) is 0.667. The lowest BCUT2D eigenvalue weighted by Crippen LogP contribution is -2.43. The van der Waals surface area contributed by atoms with Gasteiger partial charge in [-0.15, -0.1) is 0 Å². The number of amides is 1. The van der Waals surface area contributed by atoms with Gasteiger partial charge < -0.3 is 5.73 Å². The van der Waals surface area contributed by atoms with Crippen molar-refractivity contribution in [1.82, 2.24) is 0 Å². The van der Waals surface area contributed by atoms with Gasteiger partial charge in [-0.05, 0) is 0 Å². The first kappa shape index (κ1) is 7.80. The topological polar surface area (TPSA) is 86.2 Å². The molecule has 52 valence electrons. The van der Waals surface area contributed by atoms with Crippen LogP contribution in [0.3, 0.4) is 0 Å². The Balaban J connectivity index is 4.38. The number of hydrogen-bond donors (Lipinski definition) is 1. The molecule has 0 saturated heterocycles. The molecule has 0 aliphatic rings. The molecule has 0 aromatic rings. The zero-order chi connectivity index (χ0) is 7.65. The number of rotatable bonds is 2. The van der Waals surface area contributed by atoms with Crippen molar-refractivity contribution in [2.24, 2.45) is 5.73 Å². The van der Waals surface area contributed by atoms with Crippen molar-refractivity contribution < 1.29 is 14.1 Å². The van der Waals surface area contributed by atoms with Crippen LogP contribution in [0.2, 0.25) is 0 Å². The number of nitro groups is 1. The lowest BCUT2D eigenvalue weighted by molar-refractivity contribution is -0.580. The standard InChI is InChI=1S/C3H5FN2O3/c1-3(4,2(5)7)6(8)9/h1H3,(H2,5,7). The number of hydrogen-bond acceptors (Lipinski definition) is 3. The van der Waals surface area contributed by atoms with Crippen LogP contribution in [0.1, 0.15) is 6.92 Å². The summed E-state index contributed by atoms with van der Waals surface area (Å²) < 4.78 is 12.2. The molecule has 0 heterocycles. The van der Waals surface area contributed by atoms with Crippen LogP contribution in [0, 0.1) is 10.1 Å². The van der Waals surface area contributed by atoms with Gasteiger partial charge in [0.15, 0.2) is 0 Å². The van der Waals surface area contributed by atoms with Crippen molar-refractivity contribution in [3.63, 3.8) is 0 Å². The molecule has 0 aliphatic carbocycles. The zero-order valence-corrected chi connectivity index (χ0v) is 4.63. The third kappa shape index (κ3) is 1.34. The van der Waals surface area contributed by atoms with E-state index in [4.69, 9.17) is 0 Å². The first-order valence-electron chi connectivity index (χ1n) is 2.02. The summed E-state index contributed by atoms with van der Waals surface area (Å²) in [4.78, 5) is 18.1. The summed E-state index contributed by atoms with van der Waals surface area (Å²) in [5.41, 5.74) is 4.32. The molecule has 0 fully saturated rings. The van der Waals surface area contributed by atoms with Crippen LogP contribution in [0.4, 0.5) is 4.39 Å². The summed E-state index contributed by atoms with van der Waals surface area (Å²) in [7, 11) is 0. The van der Waals surface area contributed by atoms with E-state index >= 15 is 0 Å². The number of primary amides is 1. The van der Waals surface area contributed by atoms with E-state index in [-0.39, 0.29) is 0 Å². The van der Waals surface area contributed by atoms with Gasteiger partial charge in [0, 0.05) is 6.92 Å². The monoisotopic (exact) mass is 136 g/mol. The van der Waals surface area contributed by atoms with E-state index in [0.717, 1.165) is 0 Å². The highest BCUT2D eigenvalue weighted by atomic mass is 19.1. The predicted molar refractivity (Wildman–Crippen MR) is 25.7 cm³/mol. The van der Waals surface area contributed by atoms with Crippen molar-refractivity contribution in [3.05, 3.63) is 10.1 Å². The molecule has 2 N–H and O–H groups in total. The van der Waals surface area contributed by atoms with Crippen LogP contribution in [0.25, 0.3) is 0 Å². The average molecular weight is 136 g/mol. The Bertz CT molecular complexity index is 139. The second kappa shape index (κ2) is 1.96. The lowest BCUT2D eigenvalue weighted by atomic mass is 10.3. The molecule has 0 radical (unpaired) electrons. The van der Waals surface area contributed by atoms with E-state index in [1.807, 2.05) is 0 Å². The van der Waals surface area contributed by atoms with Crippen LogP contribution in [0.5, 0.6) is 0 Å². The van der Waals surface area contributed by atoms with E-state index < -0.39 is 16.6 Å². The molecule has 0 bridgehead atoms. The van der Waals surface area contributed by atoms with Crippen molar-refractivity contribution >= 4 is 5.91 Å². The minimum absolute atomic E-state index is 0.495.